The highest BCUT2D eigenvalue weighted by atomic mass is 19.1. The number of fused-ring (bicyclic) bond motifs is 1. The number of hydrogen-bond acceptors (Lipinski definition) is 9. The van der Waals surface area contributed by atoms with Crippen molar-refractivity contribution >= 4 is 40.9 Å². The van der Waals surface area contributed by atoms with Gasteiger partial charge < -0.3 is 25.0 Å². The molecule has 2 aromatic carbocycles. The minimum atomic E-state index is -1.07. The van der Waals surface area contributed by atoms with E-state index in [0.717, 1.165) is 11.0 Å². The third-order valence-electron chi connectivity index (χ3n) is 7.32. The topological polar surface area (TPSA) is 125 Å². The van der Waals surface area contributed by atoms with E-state index in [1.165, 1.54) is 31.4 Å². The van der Waals surface area contributed by atoms with Gasteiger partial charge in [-0.1, -0.05) is 24.3 Å². The lowest BCUT2D eigenvalue weighted by Gasteiger charge is -2.39. The number of benzene rings is 2. The molecule has 1 unspecified atom stereocenters. The van der Waals surface area contributed by atoms with Gasteiger partial charge >= 0.3 is 6.03 Å². The summed E-state index contributed by atoms with van der Waals surface area (Å²) in [7, 11) is 6.25. The van der Waals surface area contributed by atoms with Crippen molar-refractivity contribution in [1.29, 1.82) is 0 Å². The molecule has 0 aliphatic carbocycles. The maximum atomic E-state index is 15.7. The highest BCUT2D eigenvalue weighted by Crippen LogP contribution is 2.42. The number of nitrogens with zero attached hydrogens (tertiary/aromatic N) is 6. The molecule has 14 heteroatoms. The molecular formula is C33H34F2N8O4. The van der Waals surface area contributed by atoms with E-state index < -0.39 is 29.4 Å². The first-order valence-corrected chi connectivity index (χ1v) is 14.6. The number of carbonyl (C=O) groups excluding carboxylic acids is 2. The van der Waals surface area contributed by atoms with Crippen LogP contribution in [-0.2, 0) is 11.3 Å². The van der Waals surface area contributed by atoms with Crippen LogP contribution < -0.4 is 29.9 Å². The lowest BCUT2D eigenvalue weighted by molar-refractivity contribution is -0.111. The van der Waals surface area contributed by atoms with Crippen LogP contribution in [0.5, 0.6) is 11.5 Å². The van der Waals surface area contributed by atoms with Gasteiger partial charge in [0.05, 0.1) is 26.8 Å². The Kier molecular flexibility index (Phi) is 9.90. The van der Waals surface area contributed by atoms with E-state index >= 15 is 8.78 Å². The Morgan fingerprint density at radius 3 is 2.47 bits per heavy atom. The number of anilines is 5. The molecule has 2 N–H and O–H groups in total. The third-order valence-corrected chi connectivity index (χ3v) is 7.32. The average molecular weight is 645 g/mol. The molecule has 0 radical (unpaired) electrons. The second-order valence-corrected chi connectivity index (χ2v) is 10.8. The first kappa shape index (κ1) is 32.8. The summed E-state index contributed by atoms with van der Waals surface area (Å²) in [6.45, 7) is 2.09. The lowest BCUT2D eigenvalue weighted by Crippen LogP contribution is -2.49. The zero-order chi connectivity index (χ0) is 33.7. The fraction of sp³-hybridized carbons (Fsp3) is 0.242. The van der Waals surface area contributed by atoms with Crippen molar-refractivity contribution in [2.45, 2.75) is 19.5 Å². The summed E-state index contributed by atoms with van der Waals surface area (Å²) in [6.07, 6.45) is 6.27. The summed E-state index contributed by atoms with van der Waals surface area (Å²) in [5.74, 6) is -2.20. The van der Waals surface area contributed by atoms with Crippen molar-refractivity contribution in [3.05, 3.63) is 95.8 Å². The number of urea groups is 1. The summed E-state index contributed by atoms with van der Waals surface area (Å²) >= 11 is 0. The largest absolute Gasteiger partial charge is 0.493 e. The molecule has 0 spiro atoms. The standard InChI is InChI=1S/C33H34F2N8O4/c1-20(21-10-8-11-23(16-21)38-27(44)13-9-15-41(2)3)43-31-22(18-37-32(40-31)39-26-12-6-7-14-36-26)19-42(33(43)45)30-28(34)24(46-4)17-25(47-5)29(30)35/h6-14,16-18,20H,15,19H2,1-5H3,(H,38,44)(H,36,37,39,40)/b13-9+. The maximum absolute atomic E-state index is 15.7. The molecule has 2 aromatic heterocycles. The van der Waals surface area contributed by atoms with Crippen molar-refractivity contribution in [2.24, 2.45) is 0 Å². The third kappa shape index (κ3) is 7.12. The highest BCUT2D eigenvalue weighted by molar-refractivity contribution is 6.06. The lowest BCUT2D eigenvalue weighted by atomic mass is 10.0. The number of hydrogen-bond donors (Lipinski definition) is 2. The molecule has 3 amide bonds. The number of aromatic nitrogens is 3. The molecule has 3 heterocycles. The minimum Gasteiger partial charge on any atom is -0.493 e. The molecular weight excluding hydrogens is 610 g/mol. The normalized spacial score (nSPS) is 13.5. The van der Waals surface area contributed by atoms with Crippen LogP contribution >= 0.6 is 0 Å². The van der Waals surface area contributed by atoms with Gasteiger partial charge in [-0.3, -0.25) is 14.6 Å². The molecule has 0 bridgehead atoms. The maximum Gasteiger partial charge on any atom is 0.331 e. The zero-order valence-electron chi connectivity index (χ0n) is 26.5. The molecule has 1 aliphatic heterocycles. The van der Waals surface area contributed by atoms with Crippen LogP contribution in [0, 0.1) is 11.6 Å². The smallest absolute Gasteiger partial charge is 0.331 e. The van der Waals surface area contributed by atoms with Crippen LogP contribution in [0.4, 0.5) is 42.5 Å². The number of rotatable bonds is 11. The number of nitrogens with one attached hydrogen (secondary N) is 2. The van der Waals surface area contributed by atoms with Crippen LogP contribution in [0.1, 0.15) is 24.1 Å². The van der Waals surface area contributed by atoms with Crippen LogP contribution in [-0.4, -0.2) is 66.6 Å². The van der Waals surface area contributed by atoms with Gasteiger partial charge in [0.25, 0.3) is 0 Å². The van der Waals surface area contributed by atoms with Gasteiger partial charge in [0.1, 0.15) is 17.3 Å². The molecule has 47 heavy (non-hydrogen) atoms. The summed E-state index contributed by atoms with van der Waals surface area (Å²) in [4.78, 5) is 44.4. The van der Waals surface area contributed by atoms with Crippen molar-refractivity contribution in [3.63, 3.8) is 0 Å². The number of amides is 3. The molecule has 0 fully saturated rings. The first-order chi connectivity index (χ1) is 22.6. The van der Waals surface area contributed by atoms with E-state index in [0.29, 0.717) is 29.2 Å². The van der Waals surface area contributed by atoms with Gasteiger partial charge in [-0.15, -0.1) is 0 Å². The Labute approximate surface area is 270 Å². The Bertz CT molecular complexity index is 1780. The van der Waals surface area contributed by atoms with Crippen molar-refractivity contribution in [2.75, 3.05) is 55.3 Å². The van der Waals surface area contributed by atoms with Crippen LogP contribution in [0.25, 0.3) is 0 Å². The average Bonchev–Trinajstić information content (AvgIpc) is 3.05. The van der Waals surface area contributed by atoms with Gasteiger partial charge in [0.15, 0.2) is 23.1 Å². The van der Waals surface area contributed by atoms with Gasteiger partial charge in [0, 0.05) is 42.3 Å². The Balaban J connectivity index is 1.57. The van der Waals surface area contributed by atoms with E-state index in [4.69, 9.17) is 9.47 Å². The number of carbonyl (C=O) groups is 2. The number of ether oxygens (including phenoxy) is 2. The SMILES string of the molecule is COc1cc(OC)c(F)c(N2Cc3cnc(Nc4ccccn4)nc3N(C(C)c3cccc(NC(=O)/C=C/CN(C)C)c3)C2=O)c1F. The van der Waals surface area contributed by atoms with E-state index in [2.05, 4.69) is 25.6 Å². The minimum absolute atomic E-state index is 0.159. The molecule has 1 atom stereocenters. The van der Waals surface area contributed by atoms with E-state index in [-0.39, 0.29) is 35.7 Å². The second-order valence-electron chi connectivity index (χ2n) is 10.8. The molecule has 12 nitrogen and oxygen atoms in total. The number of pyridine rings is 1. The van der Waals surface area contributed by atoms with E-state index in [9.17, 15) is 9.59 Å². The van der Waals surface area contributed by atoms with Crippen molar-refractivity contribution in [1.82, 2.24) is 19.9 Å². The summed E-state index contributed by atoms with van der Waals surface area (Å²) in [5, 5.41) is 5.85. The Morgan fingerprint density at radius 1 is 1.06 bits per heavy atom. The van der Waals surface area contributed by atoms with Crippen molar-refractivity contribution in [3.8, 4) is 11.5 Å². The zero-order valence-corrected chi connectivity index (χ0v) is 26.5. The molecule has 1 aliphatic rings. The van der Waals surface area contributed by atoms with Crippen LogP contribution in [0.2, 0.25) is 0 Å². The fourth-order valence-corrected chi connectivity index (χ4v) is 5.00. The van der Waals surface area contributed by atoms with Gasteiger partial charge in [0.2, 0.25) is 11.9 Å². The Morgan fingerprint density at radius 2 is 1.81 bits per heavy atom. The van der Waals surface area contributed by atoms with Crippen molar-refractivity contribution < 1.29 is 27.8 Å². The first-order valence-electron chi connectivity index (χ1n) is 14.6. The number of likely N-dealkylation sites (N-methyl/N-ethyl adjacent to an activating group) is 1. The quantitative estimate of drug-likeness (QED) is 0.199. The van der Waals surface area contributed by atoms with E-state index in [1.807, 2.05) is 19.0 Å². The number of halogens is 2. The van der Waals surface area contributed by atoms with Gasteiger partial charge in [-0.25, -0.2) is 23.5 Å². The van der Waals surface area contributed by atoms with Crippen LogP contribution in [0.15, 0.2) is 73.1 Å². The summed E-state index contributed by atoms with van der Waals surface area (Å²) < 4.78 is 41.7. The van der Waals surface area contributed by atoms with Gasteiger partial charge in [-0.2, -0.15) is 4.98 Å². The molecule has 244 valence electrons. The van der Waals surface area contributed by atoms with E-state index in [1.54, 1.807) is 61.7 Å². The second kappa shape index (κ2) is 14.2. The molecule has 4 aromatic rings. The molecule has 0 saturated heterocycles. The number of methoxy groups -OCH3 is 2. The fourth-order valence-electron chi connectivity index (χ4n) is 5.00. The predicted molar refractivity (Wildman–Crippen MR) is 174 cm³/mol. The summed E-state index contributed by atoms with van der Waals surface area (Å²) in [6, 6.07) is 11.8. The van der Waals surface area contributed by atoms with Gasteiger partial charge in [-0.05, 0) is 50.8 Å². The highest BCUT2D eigenvalue weighted by Gasteiger charge is 2.40. The molecule has 5 rings (SSSR count). The predicted octanol–water partition coefficient (Wildman–Crippen LogP) is 5.67. The Hall–Kier alpha value is -5.63. The van der Waals surface area contributed by atoms with Crippen LogP contribution in [0.3, 0.4) is 0 Å². The monoisotopic (exact) mass is 644 g/mol. The summed E-state index contributed by atoms with van der Waals surface area (Å²) in [5.41, 5.74) is 0.878. The molecule has 0 saturated carbocycles.